The maximum absolute atomic E-state index is 12.6. The van der Waals surface area contributed by atoms with Gasteiger partial charge in [0.05, 0.1) is 11.4 Å². The highest BCUT2D eigenvalue weighted by atomic mass is 127. The summed E-state index contributed by atoms with van der Waals surface area (Å²) < 4.78 is 27.8. The molecule has 0 unspecified atom stereocenters. The average molecular weight is 468 g/mol. The van der Waals surface area contributed by atoms with Crippen molar-refractivity contribution in [1.82, 2.24) is 9.62 Å². The number of rotatable bonds is 6. The Morgan fingerprint density at radius 1 is 1.21 bits per heavy atom. The summed E-state index contributed by atoms with van der Waals surface area (Å²) in [6.07, 6.45) is 0. The van der Waals surface area contributed by atoms with Crippen LogP contribution >= 0.6 is 24.0 Å². The quantitative estimate of drug-likeness (QED) is 0.382. The number of hydrogen-bond donors (Lipinski definition) is 2. The maximum Gasteiger partial charge on any atom is 0.241 e. The summed E-state index contributed by atoms with van der Waals surface area (Å²) in [4.78, 5) is 6.50. The van der Waals surface area contributed by atoms with Crippen LogP contribution in [0.25, 0.3) is 0 Å². The van der Waals surface area contributed by atoms with Gasteiger partial charge < -0.3 is 10.6 Å². The van der Waals surface area contributed by atoms with E-state index in [4.69, 9.17) is 5.73 Å². The topological polar surface area (TPSA) is 87.8 Å². The summed E-state index contributed by atoms with van der Waals surface area (Å²) in [7, 11) is -3.60. The molecule has 0 aliphatic rings. The molecule has 0 bridgehead atoms. The van der Waals surface area contributed by atoms with Gasteiger partial charge in [-0.25, -0.2) is 18.1 Å². The molecule has 1 aromatic carbocycles. The van der Waals surface area contributed by atoms with Gasteiger partial charge in [0.25, 0.3) is 0 Å². The minimum atomic E-state index is -3.60. The van der Waals surface area contributed by atoms with E-state index in [0.717, 1.165) is 13.1 Å². The van der Waals surface area contributed by atoms with E-state index in [9.17, 15) is 8.42 Å². The first kappa shape index (κ1) is 23.1. The Bertz CT molecular complexity index is 650. The zero-order valence-electron chi connectivity index (χ0n) is 15.0. The van der Waals surface area contributed by atoms with Crippen molar-refractivity contribution in [2.24, 2.45) is 10.7 Å². The number of nitrogens with two attached hydrogens (primary N) is 1. The van der Waals surface area contributed by atoms with Crippen LogP contribution in [0, 0.1) is 0 Å². The molecule has 0 fully saturated rings. The number of guanidine groups is 1. The van der Waals surface area contributed by atoms with Gasteiger partial charge in [-0.05, 0) is 46.2 Å². The van der Waals surface area contributed by atoms with Crippen LogP contribution < -0.4 is 10.5 Å². The largest absolute Gasteiger partial charge is 0.370 e. The second-order valence-electron chi connectivity index (χ2n) is 6.31. The number of sulfonamides is 1. The van der Waals surface area contributed by atoms with Crippen molar-refractivity contribution in [2.75, 3.05) is 13.1 Å². The predicted octanol–water partition coefficient (Wildman–Crippen LogP) is 2.54. The summed E-state index contributed by atoms with van der Waals surface area (Å²) in [6.45, 7) is 11.2. The molecule has 0 saturated carbocycles. The zero-order valence-corrected chi connectivity index (χ0v) is 18.2. The molecule has 138 valence electrons. The fraction of sp³-hybridized carbons (Fsp3) is 0.562. The van der Waals surface area contributed by atoms with Crippen LogP contribution in [-0.4, -0.2) is 37.9 Å². The Balaban J connectivity index is 0.00000529. The van der Waals surface area contributed by atoms with Crippen LogP contribution in [0.1, 0.15) is 40.2 Å². The molecule has 0 radical (unpaired) electrons. The number of halogens is 1. The minimum Gasteiger partial charge on any atom is -0.370 e. The summed E-state index contributed by atoms with van der Waals surface area (Å²) in [5.74, 6) is 0.422. The summed E-state index contributed by atoms with van der Waals surface area (Å²) in [5.41, 5.74) is 6.04. The summed E-state index contributed by atoms with van der Waals surface area (Å²) in [6, 6.07) is 6.86. The minimum absolute atomic E-state index is 0. The van der Waals surface area contributed by atoms with Gasteiger partial charge in [-0.3, -0.25) is 0 Å². The maximum atomic E-state index is 12.6. The molecule has 0 atom stereocenters. The molecule has 24 heavy (non-hydrogen) atoms. The van der Waals surface area contributed by atoms with Crippen molar-refractivity contribution in [3.63, 3.8) is 0 Å². The van der Waals surface area contributed by atoms with Crippen molar-refractivity contribution >= 4 is 40.0 Å². The van der Waals surface area contributed by atoms with Gasteiger partial charge in [-0.15, -0.1) is 24.0 Å². The molecule has 0 spiro atoms. The van der Waals surface area contributed by atoms with E-state index in [1.165, 1.54) is 0 Å². The monoisotopic (exact) mass is 468 g/mol. The smallest absolute Gasteiger partial charge is 0.241 e. The standard InChI is InChI=1S/C16H28N4O2S.HI/c1-6-20(7-2)15(17)18-12-13-10-8-9-11-14(13)23(21,22)19-16(3,4)5;/h8-11,19H,6-7,12H2,1-5H3,(H2,17,18);1H. The first-order valence-corrected chi connectivity index (χ1v) is 9.25. The molecule has 1 aromatic rings. The van der Waals surface area contributed by atoms with E-state index in [-0.39, 0.29) is 35.4 Å². The van der Waals surface area contributed by atoms with E-state index in [2.05, 4.69) is 9.71 Å². The molecular formula is C16H29IN4O2S. The van der Waals surface area contributed by atoms with E-state index < -0.39 is 15.6 Å². The van der Waals surface area contributed by atoms with E-state index in [1.807, 2.05) is 39.5 Å². The van der Waals surface area contributed by atoms with Crippen LogP contribution in [0.5, 0.6) is 0 Å². The lowest BCUT2D eigenvalue weighted by molar-refractivity contribution is 0.458. The normalized spacial score (nSPS) is 12.6. The highest BCUT2D eigenvalue weighted by Gasteiger charge is 2.24. The molecule has 3 N–H and O–H groups in total. The second-order valence-corrected chi connectivity index (χ2v) is 7.96. The lowest BCUT2D eigenvalue weighted by Crippen LogP contribution is -2.40. The van der Waals surface area contributed by atoms with Crippen LogP contribution in [-0.2, 0) is 16.6 Å². The molecule has 8 heteroatoms. The van der Waals surface area contributed by atoms with Gasteiger partial charge in [0, 0.05) is 18.6 Å². The molecule has 1 rings (SSSR count). The zero-order chi connectivity index (χ0) is 17.7. The molecule has 0 aromatic heterocycles. The van der Waals surface area contributed by atoms with Crippen molar-refractivity contribution in [3.8, 4) is 0 Å². The Kier molecular flexibility index (Phi) is 9.22. The van der Waals surface area contributed by atoms with Gasteiger partial charge in [-0.1, -0.05) is 18.2 Å². The predicted molar refractivity (Wildman–Crippen MR) is 110 cm³/mol. The molecule has 0 amide bonds. The van der Waals surface area contributed by atoms with E-state index >= 15 is 0 Å². The fourth-order valence-electron chi connectivity index (χ4n) is 2.17. The van der Waals surface area contributed by atoms with Crippen LogP contribution in [0.4, 0.5) is 0 Å². The number of nitrogens with one attached hydrogen (secondary N) is 1. The van der Waals surface area contributed by atoms with E-state index in [1.54, 1.807) is 24.3 Å². The third-order valence-corrected chi connectivity index (χ3v) is 5.06. The second kappa shape index (κ2) is 9.57. The molecular weight excluding hydrogens is 439 g/mol. The molecule has 0 heterocycles. The van der Waals surface area contributed by atoms with Crippen molar-refractivity contribution in [1.29, 1.82) is 0 Å². The summed E-state index contributed by atoms with van der Waals surface area (Å²) >= 11 is 0. The molecule has 0 aliphatic heterocycles. The van der Waals surface area contributed by atoms with Crippen molar-refractivity contribution in [2.45, 2.75) is 51.6 Å². The number of nitrogens with zero attached hydrogens (tertiary/aromatic N) is 2. The Labute approximate surface area is 163 Å². The third kappa shape index (κ3) is 6.94. The first-order valence-electron chi connectivity index (χ1n) is 7.77. The molecule has 0 saturated heterocycles. The Morgan fingerprint density at radius 3 is 2.25 bits per heavy atom. The van der Waals surface area contributed by atoms with Gasteiger partial charge in [-0.2, -0.15) is 0 Å². The van der Waals surface area contributed by atoms with Gasteiger partial charge in [0.1, 0.15) is 0 Å². The average Bonchev–Trinajstić information content (AvgIpc) is 2.44. The van der Waals surface area contributed by atoms with Crippen LogP contribution in [0.3, 0.4) is 0 Å². The lowest BCUT2D eigenvalue weighted by atomic mass is 10.1. The highest BCUT2D eigenvalue weighted by Crippen LogP contribution is 2.18. The van der Waals surface area contributed by atoms with E-state index in [0.29, 0.717) is 11.5 Å². The Hall–Kier alpha value is -0.870. The Morgan fingerprint density at radius 2 is 1.75 bits per heavy atom. The number of aliphatic imine (C=N–C) groups is 1. The highest BCUT2D eigenvalue weighted by molar-refractivity contribution is 14.0. The number of benzene rings is 1. The fourth-order valence-corrected chi connectivity index (χ4v) is 3.82. The third-order valence-electron chi connectivity index (χ3n) is 3.20. The van der Waals surface area contributed by atoms with Crippen molar-refractivity contribution in [3.05, 3.63) is 29.8 Å². The van der Waals surface area contributed by atoms with Crippen LogP contribution in [0.2, 0.25) is 0 Å². The SMILES string of the molecule is CCN(CC)C(N)=NCc1ccccc1S(=O)(=O)NC(C)(C)C.I. The summed E-state index contributed by atoms with van der Waals surface area (Å²) in [5, 5.41) is 0. The number of hydrogen-bond acceptors (Lipinski definition) is 3. The molecule has 0 aliphatic carbocycles. The lowest BCUT2D eigenvalue weighted by Gasteiger charge is -2.22. The first-order chi connectivity index (χ1) is 10.6. The molecule has 6 nitrogen and oxygen atoms in total. The van der Waals surface area contributed by atoms with Gasteiger partial charge in [0.15, 0.2) is 5.96 Å². The van der Waals surface area contributed by atoms with Crippen LogP contribution in [0.15, 0.2) is 34.2 Å². The van der Waals surface area contributed by atoms with Gasteiger partial charge >= 0.3 is 0 Å². The van der Waals surface area contributed by atoms with Crippen molar-refractivity contribution < 1.29 is 8.42 Å². The van der Waals surface area contributed by atoms with Gasteiger partial charge in [0.2, 0.25) is 10.0 Å².